The topological polar surface area (TPSA) is 64.6 Å². The first-order valence-electron chi connectivity index (χ1n) is 7.38. The third kappa shape index (κ3) is 4.83. The number of hydrogen-bond acceptors (Lipinski definition) is 5. The van der Waals surface area contributed by atoms with E-state index in [-0.39, 0.29) is 12.2 Å². The van der Waals surface area contributed by atoms with Gasteiger partial charge in [0.15, 0.2) is 0 Å². The van der Waals surface area contributed by atoms with Gasteiger partial charge < -0.3 is 14.4 Å². The molecule has 1 aromatic rings. The van der Waals surface area contributed by atoms with Gasteiger partial charge in [-0.05, 0) is 56.5 Å². The quantitative estimate of drug-likeness (QED) is 0.797. The van der Waals surface area contributed by atoms with Crippen molar-refractivity contribution in [2.75, 3.05) is 13.1 Å². The minimum atomic E-state index is -0.487. The molecule has 1 aromatic heterocycles. The molecule has 22 heavy (non-hydrogen) atoms. The third-order valence-corrected chi connectivity index (χ3v) is 3.56. The number of likely N-dealkylation sites (tertiary alicyclic amines) is 1. The van der Waals surface area contributed by atoms with Crippen LogP contribution in [0.1, 0.15) is 39.3 Å². The van der Waals surface area contributed by atoms with E-state index in [4.69, 9.17) is 9.47 Å². The van der Waals surface area contributed by atoms with Gasteiger partial charge >= 0.3 is 6.09 Å². The summed E-state index contributed by atoms with van der Waals surface area (Å²) in [6.07, 6.45) is 3.00. The summed E-state index contributed by atoms with van der Waals surface area (Å²) < 4.78 is 12.0. The number of halogens is 1. The molecule has 2 rings (SSSR count). The van der Waals surface area contributed by atoms with Crippen LogP contribution >= 0.6 is 15.9 Å². The zero-order chi connectivity index (χ0) is 16.3. The largest absolute Gasteiger partial charge is 0.471 e. The molecule has 2 heterocycles. The zero-order valence-corrected chi connectivity index (χ0v) is 15.0. The van der Waals surface area contributed by atoms with Gasteiger partial charge in [0.1, 0.15) is 22.0 Å². The summed E-state index contributed by atoms with van der Waals surface area (Å²) in [6, 6.07) is 0. The number of carbonyl (C=O) groups is 1. The molecule has 1 saturated heterocycles. The van der Waals surface area contributed by atoms with Crippen LogP contribution < -0.4 is 4.74 Å². The molecule has 7 heteroatoms. The van der Waals surface area contributed by atoms with E-state index < -0.39 is 5.60 Å². The van der Waals surface area contributed by atoms with Crippen molar-refractivity contribution in [3.8, 4) is 5.88 Å². The molecule has 1 aliphatic heterocycles. The third-order valence-electron chi connectivity index (χ3n) is 3.18. The first-order chi connectivity index (χ1) is 10.2. The van der Waals surface area contributed by atoms with Crippen LogP contribution in [0.4, 0.5) is 4.79 Å². The van der Waals surface area contributed by atoms with Crippen LogP contribution in [0, 0.1) is 6.92 Å². The van der Waals surface area contributed by atoms with Gasteiger partial charge in [0.2, 0.25) is 5.88 Å². The maximum atomic E-state index is 12.1. The lowest BCUT2D eigenvalue weighted by Crippen LogP contribution is -2.46. The smallest absolute Gasteiger partial charge is 0.410 e. The van der Waals surface area contributed by atoms with Crippen LogP contribution in [0.5, 0.6) is 5.88 Å². The lowest BCUT2D eigenvalue weighted by atomic mass is 10.1. The van der Waals surface area contributed by atoms with Crippen LogP contribution in [0.15, 0.2) is 10.8 Å². The predicted octanol–water partition coefficient (Wildman–Crippen LogP) is 3.33. The molecule has 0 radical (unpaired) electrons. The van der Waals surface area contributed by atoms with Crippen molar-refractivity contribution >= 4 is 22.0 Å². The molecular weight excluding hydrogens is 350 g/mol. The van der Waals surface area contributed by atoms with E-state index >= 15 is 0 Å². The maximum Gasteiger partial charge on any atom is 0.410 e. The van der Waals surface area contributed by atoms with Gasteiger partial charge in [-0.25, -0.2) is 14.8 Å². The number of nitrogens with zero attached hydrogens (tertiary/aromatic N) is 3. The monoisotopic (exact) mass is 371 g/mol. The number of aromatic nitrogens is 2. The lowest BCUT2D eigenvalue weighted by molar-refractivity contribution is 0.00709. The molecule has 122 valence electrons. The van der Waals surface area contributed by atoms with Crippen LogP contribution in [0.3, 0.4) is 0 Å². The van der Waals surface area contributed by atoms with E-state index in [1.165, 1.54) is 0 Å². The number of rotatable bonds is 2. The fourth-order valence-electron chi connectivity index (χ4n) is 2.24. The highest BCUT2D eigenvalue weighted by molar-refractivity contribution is 9.10. The van der Waals surface area contributed by atoms with Gasteiger partial charge in [-0.1, -0.05) is 0 Å². The Hall–Kier alpha value is -1.37. The molecule has 0 aliphatic carbocycles. The fraction of sp³-hybridized carbons (Fsp3) is 0.667. The van der Waals surface area contributed by atoms with E-state index in [9.17, 15) is 4.79 Å². The van der Waals surface area contributed by atoms with Crippen molar-refractivity contribution in [1.82, 2.24) is 14.9 Å². The van der Waals surface area contributed by atoms with E-state index in [0.717, 1.165) is 18.5 Å². The van der Waals surface area contributed by atoms with Gasteiger partial charge in [0.05, 0.1) is 12.7 Å². The molecule has 1 amide bonds. The normalized spacial score (nSPS) is 19.0. The highest BCUT2D eigenvalue weighted by Crippen LogP contribution is 2.21. The van der Waals surface area contributed by atoms with Crippen molar-refractivity contribution in [2.24, 2.45) is 0 Å². The Balaban J connectivity index is 1.97. The average Bonchev–Trinajstić information content (AvgIpc) is 2.40. The Morgan fingerprint density at radius 1 is 1.45 bits per heavy atom. The molecule has 1 unspecified atom stereocenters. The second-order valence-corrected chi connectivity index (χ2v) is 7.20. The van der Waals surface area contributed by atoms with Crippen LogP contribution in [0.2, 0.25) is 0 Å². The second-order valence-electron chi connectivity index (χ2n) is 6.39. The Morgan fingerprint density at radius 3 is 2.82 bits per heavy atom. The molecule has 1 aliphatic rings. The zero-order valence-electron chi connectivity index (χ0n) is 13.4. The first-order valence-corrected chi connectivity index (χ1v) is 8.17. The SMILES string of the molecule is Cc1nc(Br)cnc1OC1CCCN(C(=O)OC(C)(C)C)C1. The van der Waals surface area contributed by atoms with Gasteiger partial charge in [0.25, 0.3) is 0 Å². The van der Waals surface area contributed by atoms with E-state index in [1.807, 2.05) is 27.7 Å². The predicted molar refractivity (Wildman–Crippen MR) is 85.9 cm³/mol. The minimum Gasteiger partial charge on any atom is -0.471 e. The standard InChI is InChI=1S/C15H22BrN3O3/c1-10-13(17-8-12(16)18-10)21-11-6-5-7-19(9-11)14(20)22-15(2,3)4/h8,11H,5-7,9H2,1-4H3. The van der Waals surface area contributed by atoms with Gasteiger partial charge in [-0.15, -0.1) is 0 Å². The van der Waals surface area contributed by atoms with E-state index in [0.29, 0.717) is 23.6 Å². The molecule has 0 saturated carbocycles. The first kappa shape index (κ1) is 17.0. The van der Waals surface area contributed by atoms with Crippen molar-refractivity contribution in [3.05, 3.63) is 16.5 Å². The van der Waals surface area contributed by atoms with Crippen LogP contribution in [0.25, 0.3) is 0 Å². The number of piperidine rings is 1. The Morgan fingerprint density at radius 2 is 2.18 bits per heavy atom. The van der Waals surface area contributed by atoms with Crippen molar-refractivity contribution < 1.29 is 14.3 Å². The molecule has 1 fully saturated rings. The summed E-state index contributed by atoms with van der Waals surface area (Å²) in [5.41, 5.74) is 0.238. The second kappa shape index (κ2) is 6.81. The van der Waals surface area contributed by atoms with Crippen LogP contribution in [-0.4, -0.2) is 45.8 Å². The highest BCUT2D eigenvalue weighted by Gasteiger charge is 2.29. The number of ether oxygens (including phenoxy) is 2. The lowest BCUT2D eigenvalue weighted by Gasteiger charge is -2.34. The number of amides is 1. The van der Waals surface area contributed by atoms with Crippen molar-refractivity contribution in [1.29, 1.82) is 0 Å². The van der Waals surface area contributed by atoms with E-state index in [2.05, 4.69) is 25.9 Å². The molecule has 0 N–H and O–H groups in total. The van der Waals surface area contributed by atoms with Crippen molar-refractivity contribution in [3.63, 3.8) is 0 Å². The van der Waals surface area contributed by atoms with Crippen molar-refractivity contribution in [2.45, 2.75) is 52.2 Å². The summed E-state index contributed by atoms with van der Waals surface area (Å²) in [5.74, 6) is 0.513. The summed E-state index contributed by atoms with van der Waals surface area (Å²) >= 11 is 3.28. The number of hydrogen-bond donors (Lipinski definition) is 0. The molecule has 0 aromatic carbocycles. The molecule has 0 bridgehead atoms. The molecule has 6 nitrogen and oxygen atoms in total. The average molecular weight is 372 g/mol. The van der Waals surface area contributed by atoms with Gasteiger partial charge in [0, 0.05) is 6.54 Å². The minimum absolute atomic E-state index is 0.0876. The van der Waals surface area contributed by atoms with Crippen LogP contribution in [-0.2, 0) is 4.74 Å². The maximum absolute atomic E-state index is 12.1. The fourth-order valence-corrected chi connectivity index (χ4v) is 2.61. The highest BCUT2D eigenvalue weighted by atomic mass is 79.9. The Kier molecular flexibility index (Phi) is 5.26. The van der Waals surface area contributed by atoms with Gasteiger partial charge in [-0.3, -0.25) is 0 Å². The Bertz CT molecular complexity index is 545. The number of aryl methyl sites for hydroxylation is 1. The summed E-state index contributed by atoms with van der Waals surface area (Å²) in [6.45, 7) is 8.64. The Labute approximate surface area is 139 Å². The van der Waals surface area contributed by atoms with E-state index in [1.54, 1.807) is 11.1 Å². The molecular formula is C15H22BrN3O3. The van der Waals surface area contributed by atoms with Gasteiger partial charge in [-0.2, -0.15) is 0 Å². The summed E-state index contributed by atoms with van der Waals surface area (Å²) in [4.78, 5) is 22.3. The number of carbonyl (C=O) groups excluding carboxylic acids is 1. The summed E-state index contributed by atoms with van der Waals surface area (Å²) in [5, 5.41) is 0. The summed E-state index contributed by atoms with van der Waals surface area (Å²) in [7, 11) is 0. The molecule has 0 spiro atoms. The molecule has 1 atom stereocenters.